The second-order valence-corrected chi connectivity index (χ2v) is 10.2. The van der Waals surface area contributed by atoms with Gasteiger partial charge in [0.25, 0.3) is 0 Å². The normalized spacial score (nSPS) is 18.6. The van der Waals surface area contributed by atoms with E-state index in [1.165, 1.54) is 44.7 Å². The number of likely N-dealkylation sites (N-methyl/N-ethyl adjacent to an activating group) is 1. The van der Waals surface area contributed by atoms with Crippen LogP contribution in [0.4, 0.5) is 17.2 Å². The van der Waals surface area contributed by atoms with Crippen molar-refractivity contribution in [1.29, 1.82) is 0 Å². The summed E-state index contributed by atoms with van der Waals surface area (Å²) in [7, 11) is 2.23. The summed E-state index contributed by atoms with van der Waals surface area (Å²) >= 11 is 1.64. The Kier molecular flexibility index (Phi) is 5.90. The van der Waals surface area contributed by atoms with E-state index in [0.29, 0.717) is 5.82 Å². The molecule has 2 N–H and O–H groups in total. The molecule has 4 aromatic rings. The number of H-pyrrole nitrogens is 1. The Balaban J connectivity index is 1.13. The first-order valence-corrected chi connectivity index (χ1v) is 12.9. The van der Waals surface area contributed by atoms with E-state index in [-0.39, 0.29) is 0 Å². The number of nitrogens with zero attached hydrogens (tertiary/aromatic N) is 6. The molecule has 6 rings (SSSR count). The van der Waals surface area contributed by atoms with Crippen LogP contribution >= 0.6 is 11.3 Å². The third-order valence-electron chi connectivity index (χ3n) is 7.06. The minimum atomic E-state index is 0.714. The lowest BCUT2D eigenvalue weighted by Crippen LogP contribution is -2.52. The molecule has 2 fully saturated rings. The van der Waals surface area contributed by atoms with Crippen LogP contribution in [0, 0.1) is 0 Å². The zero-order valence-corrected chi connectivity index (χ0v) is 20.3. The molecule has 2 aliphatic rings. The van der Waals surface area contributed by atoms with Gasteiger partial charge in [-0.05, 0) is 55.6 Å². The molecule has 0 atom stereocenters. The second-order valence-electron chi connectivity index (χ2n) is 9.23. The summed E-state index contributed by atoms with van der Waals surface area (Å²) < 4.78 is 0. The van der Waals surface area contributed by atoms with Crippen molar-refractivity contribution in [3.8, 4) is 10.7 Å². The van der Waals surface area contributed by atoms with Gasteiger partial charge < -0.3 is 15.1 Å². The third kappa shape index (κ3) is 4.38. The van der Waals surface area contributed by atoms with Crippen LogP contribution in [0.5, 0.6) is 0 Å². The lowest BCUT2D eigenvalue weighted by molar-refractivity contribution is 0.0982. The Morgan fingerprint density at radius 1 is 0.971 bits per heavy atom. The molecule has 0 aliphatic carbocycles. The number of nitrogens with one attached hydrogen (secondary N) is 2. The first kappa shape index (κ1) is 21.5. The highest BCUT2D eigenvalue weighted by Crippen LogP contribution is 2.29. The largest absolute Gasteiger partial charge is 0.371 e. The lowest BCUT2D eigenvalue weighted by Gasteiger charge is -2.42. The lowest BCUT2D eigenvalue weighted by atomic mass is 10.0. The number of hydrogen-bond acceptors (Lipinski definition) is 8. The van der Waals surface area contributed by atoms with Crippen LogP contribution in [0.3, 0.4) is 0 Å². The van der Waals surface area contributed by atoms with Gasteiger partial charge in [-0.25, -0.2) is 9.97 Å². The van der Waals surface area contributed by atoms with Gasteiger partial charge in [0.1, 0.15) is 11.0 Å². The van der Waals surface area contributed by atoms with Crippen LogP contribution in [-0.2, 0) is 0 Å². The van der Waals surface area contributed by atoms with E-state index >= 15 is 0 Å². The van der Waals surface area contributed by atoms with Gasteiger partial charge in [0.2, 0.25) is 0 Å². The molecule has 1 aromatic carbocycles. The zero-order chi connectivity index (χ0) is 22.9. The minimum absolute atomic E-state index is 0.714. The summed E-state index contributed by atoms with van der Waals surface area (Å²) in [5.41, 5.74) is 3.91. The maximum Gasteiger partial charge on any atom is 0.172 e. The maximum atomic E-state index is 4.78. The molecular weight excluding hydrogens is 444 g/mol. The summed E-state index contributed by atoms with van der Waals surface area (Å²) in [5.74, 6) is 1.46. The van der Waals surface area contributed by atoms with E-state index in [1.54, 1.807) is 17.5 Å². The van der Waals surface area contributed by atoms with Gasteiger partial charge in [-0.2, -0.15) is 5.10 Å². The summed E-state index contributed by atoms with van der Waals surface area (Å²) in [6.07, 6.45) is 4.23. The van der Waals surface area contributed by atoms with Crippen molar-refractivity contribution in [2.45, 2.75) is 18.9 Å². The topological polar surface area (TPSA) is 76.2 Å². The number of anilines is 3. The molecule has 176 valence electrons. The van der Waals surface area contributed by atoms with Gasteiger partial charge in [-0.3, -0.25) is 10.00 Å². The van der Waals surface area contributed by atoms with Crippen molar-refractivity contribution in [2.24, 2.45) is 0 Å². The zero-order valence-electron chi connectivity index (χ0n) is 19.4. The monoisotopic (exact) mass is 474 g/mol. The summed E-state index contributed by atoms with van der Waals surface area (Å²) in [6.45, 7) is 7.05. The van der Waals surface area contributed by atoms with Crippen molar-refractivity contribution in [3.05, 3.63) is 48.0 Å². The van der Waals surface area contributed by atoms with Gasteiger partial charge in [-0.15, -0.1) is 11.3 Å². The molecule has 0 amide bonds. The van der Waals surface area contributed by atoms with Crippen molar-refractivity contribution in [1.82, 2.24) is 30.0 Å². The number of hydrogen-bond donors (Lipinski definition) is 2. The number of aromatic amines is 1. The number of aromatic nitrogens is 4. The Hall–Kier alpha value is -3.01. The van der Waals surface area contributed by atoms with Gasteiger partial charge in [0.15, 0.2) is 11.6 Å². The number of rotatable bonds is 5. The van der Waals surface area contributed by atoms with Crippen molar-refractivity contribution in [2.75, 3.05) is 56.5 Å². The molecule has 0 bridgehead atoms. The van der Waals surface area contributed by atoms with Gasteiger partial charge >= 0.3 is 0 Å². The van der Waals surface area contributed by atoms with Crippen LogP contribution in [0.25, 0.3) is 21.7 Å². The van der Waals surface area contributed by atoms with E-state index in [4.69, 9.17) is 4.98 Å². The molecule has 2 aliphatic heterocycles. The van der Waals surface area contributed by atoms with E-state index in [0.717, 1.165) is 46.5 Å². The predicted molar refractivity (Wildman–Crippen MR) is 139 cm³/mol. The standard InChI is InChI=1S/C25H30N8S/c1-31-12-14-33(15-13-31)20-8-10-32(11-9-20)19-6-4-18(5-7-19)27-25-23-21(17-26-30-23)28-24(29-25)22-3-2-16-34-22/h2-7,16-17,20H,8-15H2,1H3,(H,26,30)(H,27,28,29). The molecule has 0 saturated carbocycles. The number of thiophene rings is 1. The second kappa shape index (κ2) is 9.32. The average molecular weight is 475 g/mol. The predicted octanol–water partition coefficient (Wildman–Crippen LogP) is 4.04. The molecule has 9 heteroatoms. The molecule has 8 nitrogen and oxygen atoms in total. The number of piperidine rings is 1. The third-order valence-corrected chi connectivity index (χ3v) is 7.92. The van der Waals surface area contributed by atoms with E-state index in [9.17, 15) is 0 Å². The van der Waals surface area contributed by atoms with Crippen LogP contribution in [0.2, 0.25) is 0 Å². The summed E-state index contributed by atoms with van der Waals surface area (Å²) in [6, 6.07) is 13.5. The van der Waals surface area contributed by atoms with E-state index in [2.05, 4.69) is 66.5 Å². The van der Waals surface area contributed by atoms with Gasteiger partial charge in [0.05, 0.1) is 11.1 Å². The number of piperazine rings is 1. The van der Waals surface area contributed by atoms with Crippen molar-refractivity contribution < 1.29 is 0 Å². The van der Waals surface area contributed by atoms with Crippen LogP contribution in [0.15, 0.2) is 48.0 Å². The van der Waals surface area contributed by atoms with Crippen molar-refractivity contribution in [3.63, 3.8) is 0 Å². The molecular formula is C25H30N8S. The quantitative estimate of drug-likeness (QED) is 0.452. The maximum absolute atomic E-state index is 4.78. The van der Waals surface area contributed by atoms with Gasteiger partial charge in [-0.1, -0.05) is 6.07 Å². The van der Waals surface area contributed by atoms with E-state index < -0.39 is 0 Å². The van der Waals surface area contributed by atoms with Gasteiger partial charge in [0, 0.05) is 56.7 Å². The molecule has 2 saturated heterocycles. The Labute approximate surface area is 203 Å². The molecule has 0 radical (unpaired) electrons. The Morgan fingerprint density at radius 2 is 1.76 bits per heavy atom. The fraction of sp³-hybridized carbons (Fsp3) is 0.400. The summed E-state index contributed by atoms with van der Waals surface area (Å²) in [5, 5.41) is 12.7. The van der Waals surface area contributed by atoms with Crippen LogP contribution < -0.4 is 10.2 Å². The van der Waals surface area contributed by atoms with Crippen molar-refractivity contribution >= 4 is 39.6 Å². The van der Waals surface area contributed by atoms with Crippen LogP contribution in [0.1, 0.15) is 12.8 Å². The Morgan fingerprint density at radius 3 is 2.50 bits per heavy atom. The molecule has 3 aromatic heterocycles. The fourth-order valence-corrected chi connectivity index (χ4v) is 5.67. The fourth-order valence-electron chi connectivity index (χ4n) is 5.01. The molecule has 0 spiro atoms. The molecule has 0 unspecified atom stereocenters. The minimum Gasteiger partial charge on any atom is -0.371 e. The highest BCUT2D eigenvalue weighted by atomic mass is 32.1. The SMILES string of the molecule is CN1CCN(C2CCN(c3ccc(Nc4nc(-c5cccs5)nc5cn[nH]c45)cc3)CC2)CC1. The molecule has 34 heavy (non-hydrogen) atoms. The number of benzene rings is 1. The molecule has 5 heterocycles. The van der Waals surface area contributed by atoms with E-state index in [1.807, 2.05) is 17.5 Å². The Bertz CT molecular complexity index is 1220. The highest BCUT2D eigenvalue weighted by Gasteiger charge is 2.26. The smallest absolute Gasteiger partial charge is 0.172 e. The first-order chi connectivity index (χ1) is 16.7. The average Bonchev–Trinajstić information content (AvgIpc) is 3.58. The highest BCUT2D eigenvalue weighted by molar-refractivity contribution is 7.13. The number of fused-ring (bicyclic) bond motifs is 1. The summed E-state index contributed by atoms with van der Waals surface area (Å²) in [4.78, 5) is 18.1. The first-order valence-electron chi connectivity index (χ1n) is 12.0. The van der Waals surface area contributed by atoms with Crippen LogP contribution in [-0.4, -0.2) is 82.3 Å².